The first-order valence-electron chi connectivity index (χ1n) is 10.2. The number of fused-ring (bicyclic) bond motifs is 2. The van der Waals surface area contributed by atoms with Gasteiger partial charge in [0.2, 0.25) is 0 Å². The number of benzene rings is 2. The van der Waals surface area contributed by atoms with Crippen molar-refractivity contribution in [3.63, 3.8) is 0 Å². The van der Waals surface area contributed by atoms with Crippen molar-refractivity contribution in [2.24, 2.45) is 0 Å². The largest absolute Gasteiger partial charge is 0.0764 e. The van der Waals surface area contributed by atoms with Crippen molar-refractivity contribution in [3.8, 4) is 0 Å². The van der Waals surface area contributed by atoms with Gasteiger partial charge in [0.25, 0.3) is 0 Å². The van der Waals surface area contributed by atoms with Crippen molar-refractivity contribution < 1.29 is 0 Å². The smallest absolute Gasteiger partial charge is 0.0479 e. The molecule has 1 heteroatoms. The van der Waals surface area contributed by atoms with Crippen LogP contribution in [0, 0.1) is 0 Å². The van der Waals surface area contributed by atoms with E-state index in [4.69, 9.17) is 0 Å². The molecule has 2 aromatic rings. The summed E-state index contributed by atoms with van der Waals surface area (Å²) in [7, 11) is -0.241. The van der Waals surface area contributed by atoms with Gasteiger partial charge in [-0.05, 0) is 35.1 Å². The minimum atomic E-state index is -0.241. The van der Waals surface area contributed by atoms with Crippen LogP contribution in [0.3, 0.4) is 0 Å². The lowest BCUT2D eigenvalue weighted by Gasteiger charge is -2.19. The van der Waals surface area contributed by atoms with Crippen LogP contribution in [0.1, 0.15) is 60.3 Å². The Labute approximate surface area is 160 Å². The van der Waals surface area contributed by atoms with E-state index in [1.54, 1.807) is 11.1 Å². The van der Waals surface area contributed by atoms with Crippen molar-refractivity contribution >= 4 is 20.9 Å². The molecular weight excluding hydrogens is 328 g/mol. The normalized spacial score (nSPS) is 19.9. The Morgan fingerprint density at radius 2 is 1.19 bits per heavy atom. The van der Waals surface area contributed by atoms with Crippen LogP contribution < -0.4 is 0 Å². The van der Waals surface area contributed by atoms with Gasteiger partial charge in [0, 0.05) is 20.6 Å². The molecule has 133 valence electrons. The summed E-state index contributed by atoms with van der Waals surface area (Å²) in [6.07, 6.45) is 13.6. The third kappa shape index (κ3) is 3.78. The van der Waals surface area contributed by atoms with Crippen LogP contribution in [-0.2, 0) is 0 Å². The highest BCUT2D eigenvalue weighted by molar-refractivity contribution is 6.58. The monoisotopic (exact) mass is 357 g/mol. The summed E-state index contributed by atoms with van der Waals surface area (Å²) >= 11 is 0. The average molecular weight is 358 g/mol. The van der Waals surface area contributed by atoms with Gasteiger partial charge in [0.05, 0.1) is 0 Å². The van der Waals surface area contributed by atoms with E-state index in [9.17, 15) is 0 Å². The van der Waals surface area contributed by atoms with E-state index >= 15 is 0 Å². The lowest BCUT2D eigenvalue weighted by Crippen LogP contribution is -2.14. The highest BCUT2D eigenvalue weighted by atomic mass is 28.3. The molecule has 0 nitrogen and oxygen atoms in total. The number of hydrogen-bond donors (Lipinski definition) is 0. The van der Waals surface area contributed by atoms with E-state index in [1.165, 1.54) is 48.5 Å². The van der Waals surface area contributed by atoms with Crippen LogP contribution in [0.25, 0.3) is 12.2 Å². The lowest BCUT2D eigenvalue weighted by molar-refractivity contribution is 0.776. The average Bonchev–Trinajstić information content (AvgIpc) is 3.28. The van der Waals surface area contributed by atoms with Gasteiger partial charge in [0.15, 0.2) is 0 Å². The highest BCUT2D eigenvalue weighted by Crippen LogP contribution is 2.36. The second kappa shape index (κ2) is 8.22. The van der Waals surface area contributed by atoms with E-state index in [1.807, 2.05) is 0 Å². The van der Waals surface area contributed by atoms with Gasteiger partial charge in [-0.25, -0.2) is 0 Å². The molecule has 26 heavy (non-hydrogen) atoms. The predicted molar refractivity (Wildman–Crippen MR) is 116 cm³/mol. The fraction of sp³-hybridized carbons (Fsp3) is 0.360. The maximum atomic E-state index is 2.44. The maximum Gasteiger partial charge on any atom is 0.0479 e. The SMILES string of the molecule is CCC[Si](CCC1C=Cc2ccccc21)CCC1C=Cc2ccccc21. The van der Waals surface area contributed by atoms with Gasteiger partial charge >= 0.3 is 0 Å². The molecule has 0 spiro atoms. The Balaban J connectivity index is 1.33. The Bertz CT molecular complexity index is 736. The summed E-state index contributed by atoms with van der Waals surface area (Å²) in [5.41, 5.74) is 5.99. The lowest BCUT2D eigenvalue weighted by atomic mass is 9.98. The molecule has 2 atom stereocenters. The first-order chi connectivity index (χ1) is 12.8. The van der Waals surface area contributed by atoms with Gasteiger partial charge in [-0.15, -0.1) is 0 Å². The van der Waals surface area contributed by atoms with Crippen LogP contribution in [-0.4, -0.2) is 8.80 Å². The van der Waals surface area contributed by atoms with Crippen molar-refractivity contribution in [2.45, 2.75) is 56.2 Å². The first kappa shape index (κ1) is 17.5. The van der Waals surface area contributed by atoms with Crippen LogP contribution in [0.5, 0.6) is 0 Å². The molecule has 0 N–H and O–H groups in total. The zero-order valence-corrected chi connectivity index (χ0v) is 16.8. The zero-order chi connectivity index (χ0) is 17.8. The molecule has 0 fully saturated rings. The first-order valence-corrected chi connectivity index (χ1v) is 12.3. The quantitative estimate of drug-likeness (QED) is 0.435. The molecule has 2 aliphatic rings. The molecular formula is C25H29Si. The zero-order valence-electron chi connectivity index (χ0n) is 15.8. The van der Waals surface area contributed by atoms with E-state index in [2.05, 4.69) is 79.8 Å². The Morgan fingerprint density at radius 1 is 0.692 bits per heavy atom. The second-order valence-electron chi connectivity index (χ2n) is 7.77. The van der Waals surface area contributed by atoms with Crippen molar-refractivity contribution in [3.05, 3.63) is 82.9 Å². The third-order valence-corrected chi connectivity index (χ3v) is 9.23. The molecule has 0 saturated heterocycles. The predicted octanol–water partition coefficient (Wildman–Crippen LogP) is 7.29. The fourth-order valence-electron chi connectivity index (χ4n) is 4.60. The molecule has 0 saturated carbocycles. The molecule has 1 radical (unpaired) electrons. The van der Waals surface area contributed by atoms with Crippen LogP contribution >= 0.6 is 0 Å². The summed E-state index contributed by atoms with van der Waals surface area (Å²) in [6.45, 7) is 2.36. The minimum absolute atomic E-state index is 0.241. The minimum Gasteiger partial charge on any atom is -0.0764 e. The molecule has 0 aromatic heterocycles. The van der Waals surface area contributed by atoms with Gasteiger partial charge in [0.1, 0.15) is 0 Å². The van der Waals surface area contributed by atoms with E-state index in [-0.39, 0.29) is 8.80 Å². The Kier molecular flexibility index (Phi) is 5.55. The Hall–Kier alpha value is -1.86. The van der Waals surface area contributed by atoms with Gasteiger partial charge in [-0.3, -0.25) is 0 Å². The summed E-state index contributed by atoms with van der Waals surface area (Å²) in [5, 5.41) is 0. The Morgan fingerprint density at radius 3 is 1.69 bits per heavy atom. The molecule has 0 amide bonds. The summed E-state index contributed by atoms with van der Waals surface area (Å²) in [4.78, 5) is 0. The third-order valence-electron chi connectivity index (χ3n) is 6.03. The van der Waals surface area contributed by atoms with E-state index < -0.39 is 0 Å². The van der Waals surface area contributed by atoms with Crippen molar-refractivity contribution in [1.29, 1.82) is 0 Å². The number of allylic oxidation sites excluding steroid dienone is 2. The van der Waals surface area contributed by atoms with Crippen molar-refractivity contribution in [1.82, 2.24) is 0 Å². The maximum absolute atomic E-state index is 2.44. The van der Waals surface area contributed by atoms with Gasteiger partial charge < -0.3 is 0 Å². The van der Waals surface area contributed by atoms with E-state index in [0.29, 0.717) is 11.8 Å². The molecule has 2 aliphatic carbocycles. The summed E-state index contributed by atoms with van der Waals surface area (Å²) in [6, 6.07) is 22.3. The second-order valence-corrected chi connectivity index (χ2v) is 10.8. The highest BCUT2D eigenvalue weighted by Gasteiger charge is 2.21. The van der Waals surface area contributed by atoms with Gasteiger partial charge in [-0.2, -0.15) is 0 Å². The fourth-order valence-corrected chi connectivity index (χ4v) is 7.49. The molecule has 0 aliphatic heterocycles. The summed E-state index contributed by atoms with van der Waals surface area (Å²) < 4.78 is 0. The molecule has 2 aromatic carbocycles. The van der Waals surface area contributed by atoms with Crippen molar-refractivity contribution in [2.75, 3.05) is 0 Å². The summed E-state index contributed by atoms with van der Waals surface area (Å²) in [5.74, 6) is 1.32. The van der Waals surface area contributed by atoms with Crippen LogP contribution in [0.2, 0.25) is 18.1 Å². The molecule has 0 heterocycles. The molecule has 0 bridgehead atoms. The number of rotatable bonds is 8. The number of hydrogen-bond acceptors (Lipinski definition) is 0. The topological polar surface area (TPSA) is 0 Å². The molecule has 2 unspecified atom stereocenters. The van der Waals surface area contributed by atoms with Crippen LogP contribution in [0.4, 0.5) is 0 Å². The standard InChI is InChI=1S/C25H29Si/c1-2-17-26(18-15-22-13-11-20-7-3-5-9-24(20)22)19-16-23-14-12-21-8-4-6-10-25(21)23/h3-14,22-23H,2,15-19H2,1H3. The van der Waals surface area contributed by atoms with Crippen LogP contribution in [0.15, 0.2) is 60.7 Å². The molecule has 4 rings (SSSR count). The van der Waals surface area contributed by atoms with Gasteiger partial charge in [-0.1, -0.05) is 104 Å². The van der Waals surface area contributed by atoms with E-state index in [0.717, 1.165) is 0 Å².